The van der Waals surface area contributed by atoms with Crippen LogP contribution in [0.4, 0.5) is 0 Å². The third kappa shape index (κ3) is 3.77. The molecule has 2 aromatic carbocycles. The van der Waals surface area contributed by atoms with E-state index in [9.17, 15) is 19.2 Å². The van der Waals surface area contributed by atoms with Crippen molar-refractivity contribution in [2.75, 3.05) is 0 Å². The number of ketones is 1. The van der Waals surface area contributed by atoms with E-state index >= 15 is 0 Å². The lowest BCUT2D eigenvalue weighted by Gasteiger charge is -2.39. The van der Waals surface area contributed by atoms with Gasteiger partial charge in [-0.3, -0.25) is 19.2 Å². The molecule has 0 aromatic heterocycles. The van der Waals surface area contributed by atoms with E-state index in [4.69, 9.17) is 92.8 Å². The lowest BCUT2D eigenvalue weighted by molar-refractivity contribution is -0.157. The largest absolute Gasteiger partial charge is 0.292 e. The summed E-state index contributed by atoms with van der Waals surface area (Å²) in [5.41, 5.74) is 0.199. The van der Waals surface area contributed by atoms with Crippen LogP contribution in [0.25, 0.3) is 0 Å². The molecule has 0 radical (unpaired) electrons. The van der Waals surface area contributed by atoms with Gasteiger partial charge in [0.15, 0.2) is 10.1 Å². The second-order valence-electron chi connectivity index (χ2n) is 9.50. The molecule has 210 valence electrons. The summed E-state index contributed by atoms with van der Waals surface area (Å²) in [6.45, 7) is 1.63. The number of carbonyl (C=O) groups is 4. The molecule has 2 aliphatic carbocycles. The Kier molecular flexibility index (Phi) is 7.71. The molecule has 1 saturated heterocycles. The van der Waals surface area contributed by atoms with Gasteiger partial charge in [0.25, 0.3) is 17.7 Å². The summed E-state index contributed by atoms with van der Waals surface area (Å²) in [6.07, 6.45) is 0.0138. The van der Waals surface area contributed by atoms with Gasteiger partial charge in [-0.1, -0.05) is 107 Å². The van der Waals surface area contributed by atoms with Gasteiger partial charge in [-0.15, -0.1) is 23.2 Å². The number of rotatable bonds is 6. The fourth-order valence-electron chi connectivity index (χ4n) is 5.59. The van der Waals surface area contributed by atoms with Crippen molar-refractivity contribution in [2.45, 2.75) is 33.5 Å². The zero-order chi connectivity index (χ0) is 29.5. The normalized spacial score (nSPS) is 29.2. The minimum absolute atomic E-state index is 0.0138. The molecule has 40 heavy (non-hydrogen) atoms. The molecule has 5 atom stereocenters. The van der Waals surface area contributed by atoms with E-state index in [1.807, 2.05) is 0 Å². The number of carbonyl (C=O) groups excluding carboxylic acids is 4. The maximum atomic E-state index is 14.1. The fourth-order valence-corrected chi connectivity index (χ4v) is 8.82. The third-order valence-electron chi connectivity index (χ3n) is 7.52. The van der Waals surface area contributed by atoms with Gasteiger partial charge >= 0.3 is 0 Å². The zero-order valence-electron chi connectivity index (χ0n) is 20.1. The summed E-state index contributed by atoms with van der Waals surface area (Å²) in [6, 6.07) is 10.8. The van der Waals surface area contributed by atoms with E-state index in [0.717, 1.165) is 5.01 Å². The van der Waals surface area contributed by atoms with Gasteiger partial charge in [0, 0.05) is 11.1 Å². The van der Waals surface area contributed by atoms with Gasteiger partial charge in [0.05, 0.1) is 31.9 Å². The highest BCUT2D eigenvalue weighted by Gasteiger charge is 2.88. The van der Waals surface area contributed by atoms with E-state index in [1.54, 1.807) is 37.3 Å². The molecule has 1 aliphatic heterocycles. The molecule has 5 rings (SSSR count). The van der Waals surface area contributed by atoms with Gasteiger partial charge in [-0.2, -0.15) is 5.01 Å². The van der Waals surface area contributed by atoms with Crippen LogP contribution in [0, 0.1) is 11.8 Å². The first-order valence-corrected chi connectivity index (χ1v) is 14.8. The van der Waals surface area contributed by atoms with E-state index in [-0.39, 0.29) is 37.7 Å². The highest BCUT2D eigenvalue weighted by molar-refractivity contribution is 6.66. The van der Waals surface area contributed by atoms with Crippen LogP contribution < -0.4 is 0 Å². The maximum absolute atomic E-state index is 14.1. The van der Waals surface area contributed by atoms with Crippen LogP contribution in [-0.4, -0.2) is 53.6 Å². The summed E-state index contributed by atoms with van der Waals surface area (Å²) in [5.74, 6) is -6.38. The molecular formula is C26H16Cl8N2O4. The number of hydrogen-bond donors (Lipinski definition) is 0. The second-order valence-corrected chi connectivity index (χ2v) is 13.6. The molecule has 6 nitrogen and oxygen atoms in total. The van der Waals surface area contributed by atoms with Crippen LogP contribution in [0.2, 0.25) is 10.0 Å². The second kappa shape index (κ2) is 10.2. The molecule has 3 aliphatic rings. The number of fused-ring (bicyclic) bond motifs is 5. The molecule has 0 N–H and O–H groups in total. The number of imide groups is 1. The zero-order valence-corrected chi connectivity index (χ0v) is 26.2. The van der Waals surface area contributed by atoms with Crippen LogP contribution in [0.5, 0.6) is 0 Å². The lowest BCUT2D eigenvalue weighted by Crippen LogP contribution is -2.60. The summed E-state index contributed by atoms with van der Waals surface area (Å²) in [5, 5.41) is 1.01. The Morgan fingerprint density at radius 3 is 1.82 bits per heavy atom. The van der Waals surface area contributed by atoms with Crippen LogP contribution in [-0.2, 0) is 9.59 Å². The van der Waals surface area contributed by atoms with Crippen molar-refractivity contribution in [3.63, 3.8) is 0 Å². The Morgan fingerprint density at radius 2 is 1.35 bits per heavy atom. The predicted octanol–water partition coefficient (Wildman–Crippen LogP) is 7.46. The third-order valence-corrected chi connectivity index (χ3v) is 12.5. The van der Waals surface area contributed by atoms with Crippen molar-refractivity contribution in [3.8, 4) is 0 Å². The van der Waals surface area contributed by atoms with Crippen molar-refractivity contribution in [1.82, 2.24) is 10.0 Å². The number of hydrogen-bond acceptors (Lipinski definition) is 4. The average Bonchev–Trinajstić information content (AvgIpc) is 3.31. The molecule has 1 heterocycles. The number of amides is 3. The quantitative estimate of drug-likeness (QED) is 0.178. The number of hydrazine groups is 1. The SMILES string of the molecule is CC[C@H](C(=O)c1ccccc1)N(C(=O)c1ccc(Cl)c(Cl)c1)N1C(=O)[C@@H]2[C@@H](C1=O)[C@@]1(Cl)C(Cl)=C(Cl)[C@@]2(Cl)C1(Cl)Cl. The van der Waals surface area contributed by atoms with Crippen molar-refractivity contribution in [3.05, 3.63) is 79.8 Å². The van der Waals surface area contributed by atoms with E-state index in [1.165, 1.54) is 18.2 Å². The van der Waals surface area contributed by atoms with Crippen LogP contribution in [0.15, 0.2) is 58.6 Å². The van der Waals surface area contributed by atoms with Gasteiger partial charge in [-0.05, 0) is 24.6 Å². The Hall–Kier alpha value is -1.22. The standard InChI is InChI=1S/C26H16Cl8N2O4/c1-2-15(18(37)11-6-4-3-5-7-11)35(21(38)12-8-9-13(27)14(28)10-12)36-22(39)16-17(23(36)40)25(32)20(30)19(29)24(16,31)26(25,33)34/h3-10,15-17H,2H2,1H3/t15-,16+,17+,24-,25-/m1/s1. The molecule has 0 spiro atoms. The number of nitrogens with zero attached hydrogens (tertiary/aromatic N) is 2. The van der Waals surface area contributed by atoms with Crippen LogP contribution >= 0.6 is 92.8 Å². The number of benzene rings is 2. The Morgan fingerprint density at radius 1 is 0.825 bits per heavy atom. The maximum Gasteiger partial charge on any atom is 0.273 e. The van der Waals surface area contributed by atoms with Gasteiger partial charge < -0.3 is 0 Å². The molecule has 2 fully saturated rings. The minimum Gasteiger partial charge on any atom is -0.292 e. The summed E-state index contributed by atoms with van der Waals surface area (Å²) in [7, 11) is 0. The van der Waals surface area contributed by atoms with Crippen LogP contribution in [0.3, 0.4) is 0 Å². The first-order valence-electron chi connectivity index (χ1n) is 11.7. The number of alkyl halides is 4. The summed E-state index contributed by atoms with van der Waals surface area (Å²) < 4.78 is -2.16. The molecule has 3 amide bonds. The highest BCUT2D eigenvalue weighted by atomic mass is 35.5. The average molecular weight is 704 g/mol. The lowest BCUT2D eigenvalue weighted by atomic mass is 9.84. The molecule has 0 unspecified atom stereocenters. The van der Waals surface area contributed by atoms with Crippen molar-refractivity contribution in [2.24, 2.45) is 11.8 Å². The smallest absolute Gasteiger partial charge is 0.273 e. The molecule has 14 heteroatoms. The Bertz CT molecular complexity index is 1470. The van der Waals surface area contributed by atoms with Gasteiger partial charge in [0.1, 0.15) is 15.8 Å². The number of allylic oxidation sites excluding steroid dienone is 2. The monoisotopic (exact) mass is 700 g/mol. The minimum atomic E-state index is -2.16. The summed E-state index contributed by atoms with van der Waals surface area (Å²) >= 11 is 51.8. The van der Waals surface area contributed by atoms with E-state index < -0.39 is 55.5 Å². The first kappa shape index (κ1) is 30.2. The number of Topliss-reactive ketones (excluding diaryl/α,β-unsaturated/α-hetero) is 1. The molecular weight excluding hydrogens is 688 g/mol. The summed E-state index contributed by atoms with van der Waals surface area (Å²) in [4.78, 5) is 51.9. The van der Waals surface area contributed by atoms with Crippen molar-refractivity contribution < 1.29 is 19.2 Å². The topological polar surface area (TPSA) is 74.8 Å². The Labute approximate surface area is 268 Å². The van der Waals surface area contributed by atoms with Crippen molar-refractivity contribution >= 4 is 116 Å². The molecule has 2 bridgehead atoms. The van der Waals surface area contributed by atoms with Crippen LogP contribution in [0.1, 0.15) is 34.1 Å². The predicted molar refractivity (Wildman–Crippen MR) is 157 cm³/mol. The Balaban J connectivity index is 1.67. The molecule has 1 saturated carbocycles. The van der Waals surface area contributed by atoms with Gasteiger partial charge in [0.2, 0.25) is 0 Å². The fraction of sp³-hybridized carbons (Fsp3) is 0.308. The molecule has 2 aromatic rings. The van der Waals surface area contributed by atoms with Gasteiger partial charge in [-0.25, -0.2) is 5.01 Å². The van der Waals surface area contributed by atoms with E-state index in [2.05, 4.69) is 0 Å². The van der Waals surface area contributed by atoms with E-state index in [0.29, 0.717) is 5.01 Å². The first-order chi connectivity index (χ1) is 18.7. The highest BCUT2D eigenvalue weighted by Crippen LogP contribution is 2.77. The number of halogens is 8. The van der Waals surface area contributed by atoms with Crippen molar-refractivity contribution in [1.29, 1.82) is 0 Å².